The number of hydrogen-bond acceptors (Lipinski definition) is 5. The Balaban J connectivity index is 4.57. The summed E-state index contributed by atoms with van der Waals surface area (Å²) in [6.45, 7) is 6.37. The van der Waals surface area contributed by atoms with Gasteiger partial charge in [-0.1, -0.05) is 275 Å². The molecule has 0 aliphatic heterocycles. The van der Waals surface area contributed by atoms with Crippen LogP contribution in [0.5, 0.6) is 0 Å². The Morgan fingerprint density at radius 1 is 0.469 bits per heavy atom. The van der Waals surface area contributed by atoms with E-state index in [4.69, 9.17) is 4.74 Å². The number of rotatable bonds is 50. The molecule has 0 radical (unpaired) electrons. The van der Waals surface area contributed by atoms with E-state index in [1.807, 2.05) is 24.3 Å². The maximum Gasteiger partial charge on any atom is 0.306 e. The molecule has 0 fully saturated rings. The van der Waals surface area contributed by atoms with Crippen LogP contribution in [-0.4, -0.2) is 46.9 Å². The van der Waals surface area contributed by atoms with Crippen LogP contribution in [0.15, 0.2) is 48.6 Å². The second kappa shape index (κ2) is 51.8. The van der Waals surface area contributed by atoms with E-state index >= 15 is 0 Å². The third-order valence-corrected chi connectivity index (χ3v) is 12.8. The zero-order valence-corrected chi connectivity index (χ0v) is 42.7. The maximum absolute atomic E-state index is 13.2. The number of amides is 1. The van der Waals surface area contributed by atoms with E-state index in [0.29, 0.717) is 19.3 Å². The first-order valence-corrected chi connectivity index (χ1v) is 27.9. The number of carbonyl (C=O) groups excluding carboxylic acids is 2. The van der Waals surface area contributed by atoms with Crippen molar-refractivity contribution in [3.63, 3.8) is 0 Å². The fraction of sp³-hybridized carbons (Fsp3) is 0.828. The first-order chi connectivity index (χ1) is 31.5. The average molecular weight is 898 g/mol. The number of hydrogen-bond donors (Lipinski definition) is 3. The highest BCUT2D eigenvalue weighted by atomic mass is 16.5. The summed E-state index contributed by atoms with van der Waals surface area (Å²) < 4.78 is 5.93. The molecule has 0 saturated heterocycles. The monoisotopic (exact) mass is 898 g/mol. The molecule has 6 nitrogen and oxygen atoms in total. The van der Waals surface area contributed by atoms with Crippen LogP contribution in [-0.2, 0) is 14.3 Å². The molecule has 1 amide bonds. The second-order valence-corrected chi connectivity index (χ2v) is 19.1. The second-order valence-electron chi connectivity index (χ2n) is 19.1. The summed E-state index contributed by atoms with van der Waals surface area (Å²) in [5.41, 5.74) is 0. The molecule has 0 aliphatic carbocycles. The fourth-order valence-corrected chi connectivity index (χ4v) is 8.56. The minimum absolute atomic E-state index is 0.0647. The van der Waals surface area contributed by atoms with Gasteiger partial charge in [0.05, 0.1) is 25.2 Å². The van der Waals surface area contributed by atoms with Gasteiger partial charge in [-0.15, -0.1) is 0 Å². The SMILES string of the molecule is CC/C=C/C=C/C=C\C=C/CCCCCC(=O)OC(CCCCCCCCCCCCCCCCCCC)CC(=O)NC(CO)C(O)CCCCCCCCCCCCCCCCC. The number of unbranched alkanes of at least 4 members (excludes halogenated alkanes) is 33. The largest absolute Gasteiger partial charge is 0.462 e. The Bertz CT molecular complexity index is 1100. The lowest BCUT2D eigenvalue weighted by Gasteiger charge is -2.24. The lowest BCUT2D eigenvalue weighted by Crippen LogP contribution is -2.46. The molecule has 64 heavy (non-hydrogen) atoms. The molecule has 374 valence electrons. The van der Waals surface area contributed by atoms with Crippen molar-refractivity contribution in [1.82, 2.24) is 5.32 Å². The van der Waals surface area contributed by atoms with Gasteiger partial charge in [0.2, 0.25) is 5.91 Å². The highest BCUT2D eigenvalue weighted by Gasteiger charge is 2.24. The molecule has 3 N–H and O–H groups in total. The van der Waals surface area contributed by atoms with Crippen molar-refractivity contribution >= 4 is 11.9 Å². The van der Waals surface area contributed by atoms with E-state index in [-0.39, 0.29) is 24.9 Å². The van der Waals surface area contributed by atoms with Gasteiger partial charge in [-0.05, 0) is 44.9 Å². The van der Waals surface area contributed by atoms with Crippen molar-refractivity contribution < 1.29 is 24.5 Å². The van der Waals surface area contributed by atoms with Crippen LogP contribution in [0.2, 0.25) is 0 Å². The predicted octanol–water partition coefficient (Wildman–Crippen LogP) is 17.0. The zero-order valence-electron chi connectivity index (χ0n) is 42.7. The predicted molar refractivity (Wildman–Crippen MR) is 278 cm³/mol. The van der Waals surface area contributed by atoms with Crippen LogP contribution >= 0.6 is 0 Å². The van der Waals surface area contributed by atoms with Crippen molar-refractivity contribution in [2.75, 3.05) is 6.61 Å². The van der Waals surface area contributed by atoms with E-state index in [1.54, 1.807) is 0 Å². The smallest absolute Gasteiger partial charge is 0.306 e. The Labute approximate surface area is 397 Å². The summed E-state index contributed by atoms with van der Waals surface area (Å²) in [4.78, 5) is 26.2. The molecule has 0 heterocycles. The number of allylic oxidation sites excluding steroid dienone is 8. The molecular formula is C58H107NO5. The normalized spacial score (nSPS) is 13.5. The molecule has 0 aromatic carbocycles. The first-order valence-electron chi connectivity index (χ1n) is 27.9. The number of aliphatic hydroxyl groups excluding tert-OH is 2. The summed E-state index contributed by atoms with van der Waals surface area (Å²) >= 11 is 0. The average Bonchev–Trinajstić information content (AvgIpc) is 3.29. The van der Waals surface area contributed by atoms with E-state index in [9.17, 15) is 19.8 Å². The van der Waals surface area contributed by atoms with Crippen LogP contribution in [0.4, 0.5) is 0 Å². The van der Waals surface area contributed by atoms with E-state index in [1.165, 1.54) is 173 Å². The van der Waals surface area contributed by atoms with Gasteiger partial charge in [-0.2, -0.15) is 0 Å². The topological polar surface area (TPSA) is 95.9 Å². The summed E-state index contributed by atoms with van der Waals surface area (Å²) in [6.07, 6.45) is 63.2. The van der Waals surface area contributed by atoms with Gasteiger partial charge in [-0.3, -0.25) is 9.59 Å². The van der Waals surface area contributed by atoms with E-state index < -0.39 is 18.2 Å². The quantitative estimate of drug-likeness (QED) is 0.0321. The third-order valence-electron chi connectivity index (χ3n) is 12.8. The Morgan fingerprint density at radius 3 is 1.27 bits per heavy atom. The molecule has 3 atom stereocenters. The molecule has 3 unspecified atom stereocenters. The fourth-order valence-electron chi connectivity index (χ4n) is 8.56. The van der Waals surface area contributed by atoms with Gasteiger partial charge < -0.3 is 20.3 Å². The summed E-state index contributed by atoms with van der Waals surface area (Å²) in [6, 6.07) is -0.709. The van der Waals surface area contributed by atoms with Crippen molar-refractivity contribution in [2.24, 2.45) is 0 Å². The third kappa shape index (κ3) is 46.4. The lowest BCUT2D eigenvalue weighted by molar-refractivity contribution is -0.151. The van der Waals surface area contributed by atoms with Crippen molar-refractivity contribution in [3.8, 4) is 0 Å². The number of carbonyl (C=O) groups is 2. The van der Waals surface area contributed by atoms with Crippen LogP contribution < -0.4 is 5.32 Å². The van der Waals surface area contributed by atoms with Gasteiger partial charge >= 0.3 is 5.97 Å². The molecule has 0 spiro atoms. The highest BCUT2D eigenvalue weighted by Crippen LogP contribution is 2.19. The minimum Gasteiger partial charge on any atom is -0.462 e. The van der Waals surface area contributed by atoms with Gasteiger partial charge in [0, 0.05) is 6.42 Å². The van der Waals surface area contributed by atoms with Crippen molar-refractivity contribution in [2.45, 2.75) is 302 Å². The van der Waals surface area contributed by atoms with Crippen molar-refractivity contribution in [1.29, 1.82) is 0 Å². The van der Waals surface area contributed by atoms with Crippen LogP contribution in [0.25, 0.3) is 0 Å². The Kier molecular flexibility index (Phi) is 50.0. The van der Waals surface area contributed by atoms with Gasteiger partial charge in [0.25, 0.3) is 0 Å². The number of aliphatic hydroxyl groups is 2. The minimum atomic E-state index is -0.794. The maximum atomic E-state index is 13.2. The summed E-state index contributed by atoms with van der Waals surface area (Å²) in [5.74, 6) is -0.507. The van der Waals surface area contributed by atoms with Crippen LogP contribution in [0, 0.1) is 0 Å². The molecular weight excluding hydrogens is 791 g/mol. The number of nitrogens with one attached hydrogen (secondary N) is 1. The molecule has 0 aliphatic rings. The van der Waals surface area contributed by atoms with E-state index in [0.717, 1.165) is 64.2 Å². The van der Waals surface area contributed by atoms with Gasteiger partial charge in [0.15, 0.2) is 0 Å². The first kappa shape index (κ1) is 61.8. The summed E-state index contributed by atoms with van der Waals surface area (Å²) in [7, 11) is 0. The zero-order chi connectivity index (χ0) is 46.7. The lowest BCUT2D eigenvalue weighted by atomic mass is 10.0. The Hall–Kier alpha value is -2.18. The molecule has 0 saturated carbocycles. The molecule has 0 aromatic heterocycles. The van der Waals surface area contributed by atoms with Gasteiger partial charge in [-0.25, -0.2) is 0 Å². The van der Waals surface area contributed by atoms with Crippen LogP contribution in [0.1, 0.15) is 284 Å². The Morgan fingerprint density at radius 2 is 0.844 bits per heavy atom. The number of ether oxygens (including phenoxy) is 1. The standard InChI is InChI=1S/C58H107NO5/c1-4-7-10-13-16-19-22-25-27-28-30-32-34-37-40-43-46-49-54(64-58(63)51-48-45-42-39-36-31-24-21-18-15-12-9-6-3)52-57(62)59-55(53-60)56(61)50-47-44-41-38-35-33-29-26-23-20-17-14-11-8-5-2/h9,12,15,18,21,24,31,36,54-56,60-61H,4-8,10-11,13-14,16-17,19-20,22-23,25-30,32-35,37-53H2,1-3H3,(H,59,62)/b12-9+,18-15+,24-21-,36-31-. The van der Waals surface area contributed by atoms with Crippen molar-refractivity contribution in [3.05, 3.63) is 48.6 Å². The molecule has 0 aromatic rings. The van der Waals surface area contributed by atoms with E-state index in [2.05, 4.69) is 50.4 Å². The molecule has 6 heteroatoms. The van der Waals surface area contributed by atoms with Gasteiger partial charge in [0.1, 0.15) is 6.10 Å². The molecule has 0 rings (SSSR count). The highest BCUT2D eigenvalue weighted by molar-refractivity contribution is 5.77. The number of esters is 1. The summed E-state index contributed by atoms with van der Waals surface area (Å²) in [5, 5.41) is 23.9. The molecule has 0 bridgehead atoms. The van der Waals surface area contributed by atoms with Crippen LogP contribution in [0.3, 0.4) is 0 Å².